The molecule has 5 N–H and O–H groups in total. The predicted molar refractivity (Wildman–Crippen MR) is 111 cm³/mol. The van der Waals surface area contributed by atoms with Crippen molar-refractivity contribution in [3.63, 3.8) is 0 Å². The molecule has 0 bridgehead atoms. The van der Waals surface area contributed by atoms with Gasteiger partial charge in [-0.05, 0) is 44.0 Å². The van der Waals surface area contributed by atoms with Gasteiger partial charge in [-0.1, -0.05) is 26.8 Å². The summed E-state index contributed by atoms with van der Waals surface area (Å²) in [5.41, 5.74) is 7.38. The second kappa shape index (κ2) is 8.10. The van der Waals surface area contributed by atoms with Crippen LogP contribution in [-0.4, -0.2) is 40.0 Å². The zero-order valence-corrected chi connectivity index (χ0v) is 17.0. The number of aryl methyl sites for hydroxylation is 1. The van der Waals surface area contributed by atoms with Crippen LogP contribution in [0.1, 0.15) is 55.4 Å². The van der Waals surface area contributed by atoms with Crippen molar-refractivity contribution >= 4 is 23.5 Å². The van der Waals surface area contributed by atoms with Gasteiger partial charge in [-0.25, -0.2) is 0 Å². The first-order valence-corrected chi connectivity index (χ1v) is 9.70. The van der Waals surface area contributed by atoms with Crippen molar-refractivity contribution in [3.8, 4) is 0 Å². The summed E-state index contributed by atoms with van der Waals surface area (Å²) in [6.45, 7) is 10.2. The summed E-state index contributed by atoms with van der Waals surface area (Å²) in [6, 6.07) is 5.58. The molecule has 150 valence electrons. The first-order valence-electron chi connectivity index (χ1n) is 9.70. The molecule has 8 heteroatoms. The Labute approximate surface area is 165 Å². The number of carbonyl (C=O) groups excluding carboxylic acids is 1. The van der Waals surface area contributed by atoms with Crippen LogP contribution < -0.4 is 21.7 Å². The highest BCUT2D eigenvalue weighted by Gasteiger charge is 2.25. The first-order chi connectivity index (χ1) is 13.3. The van der Waals surface area contributed by atoms with E-state index >= 15 is 0 Å². The van der Waals surface area contributed by atoms with Crippen LogP contribution in [0.2, 0.25) is 0 Å². The standard InChI is InChI=1S/C20H29N7O/c1-5-20(3,4)17-25-18(23-14-8-9-22-11-14)27-19(26-17)24-15-10-13(16(21)28)7-6-12(15)2/h6-7,10,14,22H,5,8-9,11H2,1-4H3,(H2,21,28)(H2,23,24,25,26,27)/t14-/m1/s1. The lowest BCUT2D eigenvalue weighted by Gasteiger charge is -2.23. The highest BCUT2D eigenvalue weighted by Crippen LogP contribution is 2.27. The Hall–Kier alpha value is -2.74. The number of primary amides is 1. The number of nitrogens with two attached hydrogens (primary N) is 1. The molecule has 28 heavy (non-hydrogen) atoms. The smallest absolute Gasteiger partial charge is 0.248 e. The maximum Gasteiger partial charge on any atom is 0.248 e. The molecule has 1 atom stereocenters. The molecule has 0 spiro atoms. The fourth-order valence-electron chi connectivity index (χ4n) is 2.95. The second-order valence-electron chi connectivity index (χ2n) is 7.90. The fourth-order valence-corrected chi connectivity index (χ4v) is 2.95. The summed E-state index contributed by atoms with van der Waals surface area (Å²) in [7, 11) is 0. The Balaban J connectivity index is 1.96. The molecule has 1 aromatic heterocycles. The zero-order valence-electron chi connectivity index (χ0n) is 17.0. The predicted octanol–water partition coefficient (Wildman–Crippen LogP) is 2.48. The average Bonchev–Trinajstić information content (AvgIpc) is 3.16. The van der Waals surface area contributed by atoms with Crippen LogP contribution in [0.15, 0.2) is 18.2 Å². The van der Waals surface area contributed by atoms with E-state index in [2.05, 4.69) is 51.7 Å². The number of rotatable bonds is 7. The van der Waals surface area contributed by atoms with E-state index in [1.807, 2.05) is 13.0 Å². The molecule has 0 aliphatic carbocycles. The largest absolute Gasteiger partial charge is 0.366 e. The minimum absolute atomic E-state index is 0.187. The molecule has 1 fully saturated rings. The second-order valence-corrected chi connectivity index (χ2v) is 7.90. The molecule has 0 saturated carbocycles. The number of amides is 1. The summed E-state index contributed by atoms with van der Waals surface area (Å²) in [6.07, 6.45) is 1.93. The Morgan fingerprint density at radius 3 is 2.68 bits per heavy atom. The van der Waals surface area contributed by atoms with E-state index in [9.17, 15) is 4.79 Å². The third-order valence-electron chi connectivity index (χ3n) is 5.29. The van der Waals surface area contributed by atoms with Crippen LogP contribution in [0.25, 0.3) is 0 Å². The van der Waals surface area contributed by atoms with E-state index in [1.54, 1.807) is 12.1 Å². The van der Waals surface area contributed by atoms with Gasteiger partial charge in [0.2, 0.25) is 17.8 Å². The van der Waals surface area contributed by atoms with Gasteiger partial charge >= 0.3 is 0 Å². The Morgan fingerprint density at radius 2 is 2.04 bits per heavy atom. The molecule has 2 aromatic rings. The van der Waals surface area contributed by atoms with Crippen molar-refractivity contribution in [2.75, 3.05) is 23.7 Å². The lowest BCUT2D eigenvalue weighted by Crippen LogP contribution is -2.26. The van der Waals surface area contributed by atoms with Crippen LogP contribution in [0.4, 0.5) is 17.6 Å². The third kappa shape index (κ3) is 4.56. The van der Waals surface area contributed by atoms with Gasteiger partial charge in [0, 0.05) is 29.3 Å². The molecular formula is C20H29N7O. The van der Waals surface area contributed by atoms with Gasteiger partial charge in [0.05, 0.1) is 0 Å². The number of nitrogens with zero attached hydrogens (tertiary/aromatic N) is 3. The number of aromatic nitrogens is 3. The number of nitrogens with one attached hydrogen (secondary N) is 3. The summed E-state index contributed by atoms with van der Waals surface area (Å²) < 4.78 is 0. The van der Waals surface area contributed by atoms with Crippen molar-refractivity contribution in [1.82, 2.24) is 20.3 Å². The van der Waals surface area contributed by atoms with Crippen LogP contribution in [0, 0.1) is 6.92 Å². The van der Waals surface area contributed by atoms with Gasteiger partial charge < -0.3 is 21.7 Å². The third-order valence-corrected chi connectivity index (χ3v) is 5.29. The molecule has 1 aliphatic heterocycles. The topological polar surface area (TPSA) is 118 Å². The maximum atomic E-state index is 11.5. The van der Waals surface area contributed by atoms with Crippen molar-refractivity contribution in [2.45, 2.75) is 52.0 Å². The van der Waals surface area contributed by atoms with E-state index in [4.69, 9.17) is 5.73 Å². The molecule has 2 heterocycles. The minimum Gasteiger partial charge on any atom is -0.366 e. The highest BCUT2D eigenvalue weighted by atomic mass is 16.1. The van der Waals surface area contributed by atoms with E-state index in [1.165, 1.54) is 0 Å². The summed E-state index contributed by atoms with van der Waals surface area (Å²) in [5, 5.41) is 9.99. The minimum atomic E-state index is -0.470. The lowest BCUT2D eigenvalue weighted by atomic mass is 9.89. The normalized spacial score (nSPS) is 16.8. The monoisotopic (exact) mass is 383 g/mol. The van der Waals surface area contributed by atoms with Crippen LogP contribution in [0.5, 0.6) is 0 Å². The summed E-state index contributed by atoms with van der Waals surface area (Å²) >= 11 is 0. The van der Waals surface area contributed by atoms with E-state index < -0.39 is 5.91 Å². The van der Waals surface area contributed by atoms with Gasteiger partial charge in [-0.3, -0.25) is 4.79 Å². The molecule has 3 rings (SSSR count). The van der Waals surface area contributed by atoms with E-state index in [0.29, 0.717) is 23.5 Å². The molecule has 0 unspecified atom stereocenters. The van der Waals surface area contributed by atoms with Gasteiger partial charge in [0.1, 0.15) is 5.82 Å². The molecule has 8 nitrogen and oxygen atoms in total. The molecule has 1 saturated heterocycles. The summed E-state index contributed by atoms with van der Waals surface area (Å²) in [5.74, 6) is 1.27. The lowest BCUT2D eigenvalue weighted by molar-refractivity contribution is 0.100. The van der Waals surface area contributed by atoms with E-state index in [-0.39, 0.29) is 5.41 Å². The van der Waals surface area contributed by atoms with Crippen molar-refractivity contribution in [1.29, 1.82) is 0 Å². The zero-order chi connectivity index (χ0) is 20.3. The van der Waals surface area contributed by atoms with Crippen molar-refractivity contribution in [3.05, 3.63) is 35.2 Å². The molecular weight excluding hydrogens is 354 g/mol. The first kappa shape index (κ1) is 20.0. The Bertz CT molecular complexity index is 860. The molecule has 0 radical (unpaired) electrons. The highest BCUT2D eigenvalue weighted by molar-refractivity contribution is 5.94. The van der Waals surface area contributed by atoms with Gasteiger partial charge in [-0.15, -0.1) is 0 Å². The van der Waals surface area contributed by atoms with Gasteiger partial charge in [-0.2, -0.15) is 15.0 Å². The number of anilines is 3. The quantitative estimate of drug-likeness (QED) is 0.580. The van der Waals surface area contributed by atoms with Crippen LogP contribution in [0.3, 0.4) is 0 Å². The Kier molecular flexibility index (Phi) is 5.79. The number of carbonyl (C=O) groups is 1. The number of hydrogen-bond donors (Lipinski definition) is 4. The van der Waals surface area contributed by atoms with Crippen LogP contribution >= 0.6 is 0 Å². The summed E-state index contributed by atoms with van der Waals surface area (Å²) in [4.78, 5) is 25.4. The van der Waals surface area contributed by atoms with E-state index in [0.717, 1.165) is 43.0 Å². The molecule has 1 aromatic carbocycles. The van der Waals surface area contributed by atoms with Crippen molar-refractivity contribution < 1.29 is 4.79 Å². The average molecular weight is 384 g/mol. The Morgan fingerprint density at radius 1 is 1.29 bits per heavy atom. The van der Waals surface area contributed by atoms with Gasteiger partial charge in [0.15, 0.2) is 0 Å². The maximum absolute atomic E-state index is 11.5. The fraction of sp³-hybridized carbons (Fsp3) is 0.500. The molecule has 1 amide bonds. The molecule has 1 aliphatic rings. The van der Waals surface area contributed by atoms with Crippen molar-refractivity contribution in [2.24, 2.45) is 5.73 Å². The van der Waals surface area contributed by atoms with Crippen LogP contribution in [-0.2, 0) is 5.41 Å². The number of hydrogen-bond acceptors (Lipinski definition) is 7. The van der Waals surface area contributed by atoms with Gasteiger partial charge in [0.25, 0.3) is 0 Å². The number of benzene rings is 1. The SMILES string of the molecule is CCC(C)(C)c1nc(Nc2cc(C(N)=O)ccc2C)nc(N[C@@H]2CCNC2)n1.